The Bertz CT molecular complexity index is 689. The third kappa shape index (κ3) is 6.12. The van der Waals surface area contributed by atoms with Crippen molar-refractivity contribution < 1.29 is 16.7 Å². The smallest absolute Gasteiger partial charge is 0.0811 e. The fourth-order valence-corrected chi connectivity index (χ4v) is 6.74. The molecule has 0 aromatic carbocycles. The Morgan fingerprint density at radius 2 is 1.97 bits per heavy atom. The van der Waals surface area contributed by atoms with Gasteiger partial charge in [-0.15, -0.1) is 0 Å². The molecule has 3 rings (SSSR count). The minimum Gasteiger partial charge on any atom is -0.393 e. The van der Waals surface area contributed by atoms with Crippen molar-refractivity contribution in [3.05, 3.63) is 35.5 Å². The Kier molecular flexibility index (Phi) is 8.81. The van der Waals surface area contributed by atoms with E-state index in [2.05, 4.69) is 32.6 Å². The van der Waals surface area contributed by atoms with E-state index < -0.39 is 17.8 Å². The van der Waals surface area contributed by atoms with Crippen LogP contribution in [0.15, 0.2) is 35.5 Å². The van der Waals surface area contributed by atoms with E-state index in [0.717, 1.165) is 29.9 Å². The zero-order chi connectivity index (χ0) is 22.1. The summed E-state index contributed by atoms with van der Waals surface area (Å²) in [6, 6.07) is 0. The van der Waals surface area contributed by atoms with Crippen molar-refractivity contribution in [2.24, 2.45) is 23.2 Å². The maximum absolute atomic E-state index is 10.1. The lowest BCUT2D eigenvalue weighted by molar-refractivity contribution is 0.0596. The lowest BCUT2D eigenvalue weighted by Crippen LogP contribution is -2.36. The lowest BCUT2D eigenvalue weighted by atomic mass is 9.60. The van der Waals surface area contributed by atoms with Crippen LogP contribution in [0.1, 0.15) is 101 Å². The van der Waals surface area contributed by atoms with Crippen LogP contribution in [0.4, 0.5) is 0 Å². The molecule has 3 N–H and O–H groups in total. The van der Waals surface area contributed by atoms with Gasteiger partial charge in [0.2, 0.25) is 0 Å². The molecule has 180 valence electrons. The first-order chi connectivity index (χ1) is 14.0. The molecule has 0 unspecified atom stereocenters. The quantitative estimate of drug-likeness (QED) is 0.441. The van der Waals surface area contributed by atoms with Crippen molar-refractivity contribution in [1.29, 1.82) is 0 Å². The van der Waals surface area contributed by atoms with E-state index in [-0.39, 0.29) is 8.85 Å². The average Bonchev–Trinajstić information content (AvgIpc) is 3.00. The molecule has 3 heteroatoms. The highest BCUT2D eigenvalue weighted by Crippen LogP contribution is 2.60. The van der Waals surface area contributed by atoms with Crippen LogP contribution < -0.4 is 0 Å². The molecule has 3 fully saturated rings. The number of allylic oxidation sites excluding steroid dienone is 3. The topological polar surface area (TPSA) is 60.7 Å². The molecule has 6 atom stereocenters. The maximum Gasteiger partial charge on any atom is 0.0811 e. The predicted molar refractivity (Wildman–Crippen MR) is 133 cm³/mol. The van der Waals surface area contributed by atoms with E-state index in [4.69, 9.17) is 0 Å². The van der Waals surface area contributed by atoms with Crippen LogP contribution in [-0.4, -0.2) is 33.1 Å². The van der Waals surface area contributed by atoms with Gasteiger partial charge in [-0.2, -0.15) is 0 Å². The molecular formula is C28H50O3. The third-order valence-corrected chi connectivity index (χ3v) is 8.44. The number of aliphatic hydroxyl groups is 3. The normalized spacial score (nSPS) is 37.6. The van der Waals surface area contributed by atoms with Crippen LogP contribution in [0.3, 0.4) is 0 Å². The number of fused-ring (bicyclic) bond motifs is 1. The second-order valence-electron chi connectivity index (χ2n) is 11.3. The molecule has 3 aliphatic rings. The third-order valence-electron chi connectivity index (χ3n) is 8.44. The van der Waals surface area contributed by atoms with Crippen molar-refractivity contribution in [3.63, 3.8) is 0 Å². The van der Waals surface area contributed by atoms with Crippen LogP contribution in [0.5, 0.6) is 0 Å². The first-order valence-electron chi connectivity index (χ1n) is 12.2. The van der Waals surface area contributed by atoms with Gasteiger partial charge in [-0.3, -0.25) is 0 Å². The molecule has 0 saturated heterocycles. The molecule has 0 radical (unpaired) electrons. The summed E-state index contributed by atoms with van der Waals surface area (Å²) < 4.78 is 0. The van der Waals surface area contributed by atoms with Crippen molar-refractivity contribution in [3.8, 4) is 0 Å². The highest BCUT2D eigenvalue weighted by molar-refractivity contribution is 5.38. The second-order valence-corrected chi connectivity index (χ2v) is 11.3. The monoisotopic (exact) mass is 435 g/mol. The second kappa shape index (κ2) is 10.4. The molecule has 31 heavy (non-hydrogen) atoms. The van der Waals surface area contributed by atoms with Crippen LogP contribution >= 0.6 is 0 Å². The Morgan fingerprint density at radius 1 is 1.26 bits per heavy atom. The molecule has 3 nitrogen and oxygen atoms in total. The first kappa shape index (κ1) is 26.4. The molecule has 0 bridgehead atoms. The van der Waals surface area contributed by atoms with E-state index in [1.54, 1.807) is 5.57 Å². The zero-order valence-corrected chi connectivity index (χ0v) is 19.7. The number of aliphatic hydroxyl groups excluding tert-OH is 2. The standard InChI is InChI=1S/C27H44O3.CH4.H2/c1-18(8-6-14-26(3,4)30)23-12-13-24-20(9-7-15-27(23,24)5)10-11-21-16-22(28)17-25(29)19(21)2;;/h10-11,18,22-25,28-30H,2,6-9,12-17H2,1,3-5H3;1H4;1H/b20-10+,21-11-;;/t18-,22-,23-,24+,25+,27-;;/m1../s1/i;;1+1. The Morgan fingerprint density at radius 3 is 2.65 bits per heavy atom. The fraction of sp³-hybridized carbons (Fsp3) is 0.786. The molecule has 0 spiro atoms. The molecule has 0 aliphatic heterocycles. The molecule has 3 aliphatic carbocycles. The predicted octanol–water partition coefficient (Wildman–Crippen LogP) is 6.59. The summed E-state index contributed by atoms with van der Waals surface area (Å²) in [4.78, 5) is 0. The lowest BCUT2D eigenvalue weighted by Gasteiger charge is -2.44. The van der Waals surface area contributed by atoms with Crippen molar-refractivity contribution >= 4 is 0 Å². The van der Waals surface area contributed by atoms with E-state index in [1.807, 2.05) is 13.8 Å². The van der Waals surface area contributed by atoms with Crippen LogP contribution in [-0.2, 0) is 0 Å². The van der Waals surface area contributed by atoms with Gasteiger partial charge in [0.1, 0.15) is 0 Å². The molecule has 0 aromatic heterocycles. The minimum atomic E-state index is -0.615. The summed E-state index contributed by atoms with van der Waals surface area (Å²) in [7, 11) is 0. The van der Waals surface area contributed by atoms with Gasteiger partial charge in [0, 0.05) is 7.85 Å². The van der Waals surface area contributed by atoms with Crippen molar-refractivity contribution in [2.75, 3.05) is 0 Å². The fourth-order valence-electron chi connectivity index (χ4n) is 6.74. The van der Waals surface area contributed by atoms with E-state index in [9.17, 15) is 15.3 Å². The highest BCUT2D eigenvalue weighted by atomic mass is 16.3. The maximum atomic E-state index is 10.1. The number of hydrogen-bond donors (Lipinski definition) is 3. The summed E-state index contributed by atoms with van der Waals surface area (Å²) >= 11 is 0. The minimum absolute atomic E-state index is 0. The summed E-state index contributed by atoms with van der Waals surface area (Å²) in [5.41, 5.74) is 3.17. The molecule has 0 aromatic rings. The Balaban J connectivity index is 0.00000256. The Labute approximate surface area is 192 Å². The van der Waals surface area contributed by atoms with Crippen molar-refractivity contribution in [1.82, 2.24) is 0 Å². The van der Waals surface area contributed by atoms with Gasteiger partial charge in [0.05, 0.1) is 17.8 Å². The first-order valence-corrected chi connectivity index (χ1v) is 12.2. The molecule has 3 saturated carbocycles. The van der Waals surface area contributed by atoms with E-state index >= 15 is 0 Å². The zero-order valence-electron chi connectivity index (χ0n) is 19.7. The van der Waals surface area contributed by atoms with Gasteiger partial charge in [0.25, 0.3) is 0 Å². The van der Waals surface area contributed by atoms with Gasteiger partial charge in [-0.05, 0) is 93.1 Å². The summed E-state index contributed by atoms with van der Waals surface area (Å²) in [6.45, 7) is 12.8. The van der Waals surface area contributed by atoms with Gasteiger partial charge >= 0.3 is 0 Å². The number of hydrogen-bond acceptors (Lipinski definition) is 3. The van der Waals surface area contributed by atoms with Gasteiger partial charge in [-0.1, -0.05) is 58.4 Å². The van der Waals surface area contributed by atoms with Gasteiger partial charge in [-0.25, -0.2) is 0 Å². The van der Waals surface area contributed by atoms with Gasteiger partial charge < -0.3 is 15.3 Å². The average molecular weight is 436 g/mol. The van der Waals surface area contributed by atoms with Gasteiger partial charge in [0.15, 0.2) is 0 Å². The summed E-state index contributed by atoms with van der Waals surface area (Å²) in [5.74, 6) is 2.11. The van der Waals surface area contributed by atoms with Crippen LogP contribution in [0, 0.1) is 23.2 Å². The largest absolute Gasteiger partial charge is 0.393 e. The van der Waals surface area contributed by atoms with Crippen LogP contribution in [0.25, 0.3) is 0 Å². The van der Waals surface area contributed by atoms with E-state index in [0.29, 0.717) is 30.1 Å². The van der Waals surface area contributed by atoms with E-state index in [1.165, 1.54) is 38.5 Å². The van der Waals surface area contributed by atoms with Crippen molar-refractivity contribution in [2.45, 2.75) is 117 Å². The molecule has 0 amide bonds. The molecule has 0 heterocycles. The summed E-state index contributed by atoms with van der Waals surface area (Å²) in [5, 5.41) is 30.2. The number of rotatable bonds is 6. The summed E-state index contributed by atoms with van der Waals surface area (Å²) in [6.07, 6.45) is 13.9. The highest BCUT2D eigenvalue weighted by Gasteiger charge is 2.50. The molecular weight excluding hydrogens is 384 g/mol. The SMILES string of the molecule is C.C=C1/C(=C\C=C2/CCC[C@]3(C)[C@@H]([C@H](C)CCCC(C)(C)O)CC[C@@H]23)C[C@@H](O)C[C@@H]1O.[2HH]. The van der Waals surface area contributed by atoms with Crippen LogP contribution in [0.2, 0.25) is 0 Å². The Hall–Kier alpha value is -0.900.